The lowest BCUT2D eigenvalue weighted by atomic mass is 9.76. The number of H-pyrrole nitrogens is 1. The number of nitrogen functional groups attached to an aromatic ring is 1. The molecular weight excluding hydrogens is 490 g/mol. The van der Waals surface area contributed by atoms with Crippen LogP contribution in [0.1, 0.15) is 71.0 Å². The van der Waals surface area contributed by atoms with Crippen molar-refractivity contribution in [2.24, 2.45) is 5.92 Å². The minimum atomic E-state index is -0.511. The molecule has 4 N–H and O–H groups in total. The first-order valence-electron chi connectivity index (χ1n) is 14.3. The van der Waals surface area contributed by atoms with E-state index in [4.69, 9.17) is 15.5 Å². The number of aromatic nitrogens is 5. The fraction of sp³-hybridized carbons (Fsp3) is 0.567. The standard InChI is InChI=1S/C30H41N7O2/c1-5-36(16-25-24(38)15-27(39-25)37-11-10-21-28(31)32-17-33-29(21)37)20-12-18(13-20)6-9-26-34-22-8-7-19(30(2,3)4)14-23(22)35-26/h7-8,10-11,14,17-18,20,24-25,27,38H,5-6,9,12-13,15-16H2,1-4H3,(H,34,35)(H2,31,32,33). The molecule has 0 radical (unpaired) electrons. The number of likely N-dealkylation sites (N-methyl/N-ethyl adjacent to an activating group) is 1. The summed E-state index contributed by atoms with van der Waals surface area (Å²) in [5, 5.41) is 11.7. The molecule has 0 amide bonds. The van der Waals surface area contributed by atoms with Gasteiger partial charge in [0.1, 0.15) is 29.8 Å². The Morgan fingerprint density at radius 2 is 2.00 bits per heavy atom. The third kappa shape index (κ3) is 5.15. The molecule has 1 saturated carbocycles. The van der Waals surface area contributed by atoms with Crippen LogP contribution in [-0.4, -0.2) is 65.8 Å². The van der Waals surface area contributed by atoms with E-state index in [0.717, 1.165) is 53.8 Å². The monoisotopic (exact) mass is 531 g/mol. The molecule has 4 aromatic rings. The first kappa shape index (κ1) is 26.2. The molecule has 39 heavy (non-hydrogen) atoms. The molecule has 2 aliphatic rings. The Morgan fingerprint density at radius 3 is 2.77 bits per heavy atom. The second-order valence-electron chi connectivity index (χ2n) is 12.4. The van der Waals surface area contributed by atoms with Crippen LogP contribution in [0.4, 0.5) is 5.82 Å². The SMILES string of the molecule is CCN(CC1OC(n2ccc3c(N)ncnc32)CC1O)C1CC(CCc2nc3ccc(C(C)(C)C)cc3[nH]2)C1. The van der Waals surface area contributed by atoms with Gasteiger partial charge in [0, 0.05) is 31.6 Å². The fourth-order valence-corrected chi connectivity index (χ4v) is 6.26. The molecule has 0 bridgehead atoms. The lowest BCUT2D eigenvalue weighted by Gasteiger charge is -2.43. The van der Waals surface area contributed by atoms with Crippen LogP contribution in [0.2, 0.25) is 0 Å². The van der Waals surface area contributed by atoms with Gasteiger partial charge in [-0.3, -0.25) is 4.90 Å². The van der Waals surface area contributed by atoms with Crippen molar-refractivity contribution >= 4 is 27.9 Å². The number of fused-ring (bicyclic) bond motifs is 2. The van der Waals surface area contributed by atoms with Crippen molar-refractivity contribution in [3.05, 3.63) is 48.2 Å². The number of rotatable bonds is 8. The summed E-state index contributed by atoms with van der Waals surface area (Å²) in [6.45, 7) is 10.6. The molecule has 3 aromatic heterocycles. The first-order valence-corrected chi connectivity index (χ1v) is 14.3. The van der Waals surface area contributed by atoms with E-state index in [-0.39, 0.29) is 17.7 Å². The summed E-state index contributed by atoms with van der Waals surface area (Å²) in [5.41, 5.74) is 10.4. The minimum absolute atomic E-state index is 0.131. The van der Waals surface area contributed by atoms with Gasteiger partial charge in [0.15, 0.2) is 0 Å². The number of hydrogen-bond donors (Lipinski definition) is 3. The molecule has 1 aromatic carbocycles. The molecule has 9 nitrogen and oxygen atoms in total. The van der Waals surface area contributed by atoms with Gasteiger partial charge in [-0.15, -0.1) is 0 Å². The van der Waals surface area contributed by atoms with Crippen molar-refractivity contribution in [1.82, 2.24) is 29.4 Å². The van der Waals surface area contributed by atoms with Crippen molar-refractivity contribution in [2.75, 3.05) is 18.8 Å². The summed E-state index contributed by atoms with van der Waals surface area (Å²) < 4.78 is 8.33. The molecule has 2 fully saturated rings. The summed E-state index contributed by atoms with van der Waals surface area (Å²) >= 11 is 0. The van der Waals surface area contributed by atoms with Crippen molar-refractivity contribution in [3.63, 3.8) is 0 Å². The Labute approximate surface area is 229 Å². The number of aliphatic hydroxyl groups is 1. The molecule has 1 saturated heterocycles. The molecular formula is C30H41N7O2. The summed E-state index contributed by atoms with van der Waals surface area (Å²) in [6, 6.07) is 9.03. The van der Waals surface area contributed by atoms with Crippen LogP contribution in [0.3, 0.4) is 0 Å². The van der Waals surface area contributed by atoms with Gasteiger partial charge in [0.2, 0.25) is 0 Å². The third-order valence-electron chi connectivity index (χ3n) is 8.79. The topological polar surface area (TPSA) is 118 Å². The average Bonchev–Trinajstić information content (AvgIpc) is 3.58. The number of nitrogens with two attached hydrogens (primary N) is 1. The molecule has 1 aliphatic heterocycles. The number of aryl methyl sites for hydroxylation is 1. The Hall–Kier alpha value is -3.01. The zero-order valence-corrected chi connectivity index (χ0v) is 23.5. The largest absolute Gasteiger partial charge is 0.390 e. The second kappa shape index (κ2) is 10.2. The summed E-state index contributed by atoms with van der Waals surface area (Å²) in [4.78, 5) is 19.3. The molecule has 9 heteroatoms. The van der Waals surface area contributed by atoms with Crippen LogP contribution >= 0.6 is 0 Å². The van der Waals surface area contributed by atoms with Crippen molar-refractivity contribution in [2.45, 2.75) is 89.7 Å². The zero-order chi connectivity index (χ0) is 27.3. The van der Waals surface area contributed by atoms with Gasteiger partial charge in [0.25, 0.3) is 0 Å². The maximum absolute atomic E-state index is 10.9. The highest BCUT2D eigenvalue weighted by atomic mass is 16.5. The van der Waals surface area contributed by atoms with E-state index >= 15 is 0 Å². The number of aliphatic hydroxyl groups excluding tert-OH is 1. The molecule has 1 aliphatic carbocycles. The van der Waals surface area contributed by atoms with E-state index in [0.29, 0.717) is 24.2 Å². The van der Waals surface area contributed by atoms with E-state index < -0.39 is 6.10 Å². The second-order valence-corrected chi connectivity index (χ2v) is 12.4. The van der Waals surface area contributed by atoms with E-state index in [1.807, 2.05) is 16.8 Å². The lowest BCUT2D eigenvalue weighted by Crippen LogP contribution is -2.49. The molecule has 3 atom stereocenters. The van der Waals surface area contributed by atoms with Gasteiger partial charge < -0.3 is 25.1 Å². The number of imidazole rings is 1. The predicted molar refractivity (Wildman–Crippen MR) is 153 cm³/mol. The van der Waals surface area contributed by atoms with Gasteiger partial charge in [-0.05, 0) is 60.9 Å². The summed E-state index contributed by atoms with van der Waals surface area (Å²) in [7, 11) is 0. The van der Waals surface area contributed by atoms with Gasteiger partial charge >= 0.3 is 0 Å². The quantitative estimate of drug-likeness (QED) is 0.305. The van der Waals surface area contributed by atoms with Crippen LogP contribution in [0.25, 0.3) is 22.1 Å². The van der Waals surface area contributed by atoms with E-state index in [2.05, 4.69) is 65.7 Å². The Kier molecular flexibility index (Phi) is 6.85. The van der Waals surface area contributed by atoms with Crippen molar-refractivity contribution < 1.29 is 9.84 Å². The van der Waals surface area contributed by atoms with Crippen molar-refractivity contribution in [1.29, 1.82) is 0 Å². The highest BCUT2D eigenvalue weighted by molar-refractivity contribution is 5.86. The maximum atomic E-state index is 10.9. The van der Waals surface area contributed by atoms with Crippen molar-refractivity contribution in [3.8, 4) is 0 Å². The van der Waals surface area contributed by atoms with Crippen LogP contribution in [0.5, 0.6) is 0 Å². The molecule has 6 rings (SSSR count). The number of benzene rings is 1. The normalized spacial score (nSPS) is 25.6. The number of anilines is 1. The maximum Gasteiger partial charge on any atom is 0.147 e. The van der Waals surface area contributed by atoms with Gasteiger partial charge in [0.05, 0.1) is 28.6 Å². The first-order chi connectivity index (χ1) is 18.7. The van der Waals surface area contributed by atoms with Crippen LogP contribution in [0, 0.1) is 5.92 Å². The minimum Gasteiger partial charge on any atom is -0.390 e. The molecule has 4 heterocycles. The van der Waals surface area contributed by atoms with Gasteiger partial charge in [-0.25, -0.2) is 15.0 Å². The molecule has 3 unspecified atom stereocenters. The van der Waals surface area contributed by atoms with E-state index in [1.54, 1.807) is 0 Å². The van der Waals surface area contributed by atoms with E-state index in [9.17, 15) is 5.11 Å². The average molecular weight is 532 g/mol. The Bertz CT molecular complexity index is 1450. The number of nitrogens with one attached hydrogen (secondary N) is 1. The summed E-state index contributed by atoms with van der Waals surface area (Å²) in [6.07, 6.45) is 7.45. The van der Waals surface area contributed by atoms with Crippen LogP contribution in [-0.2, 0) is 16.6 Å². The van der Waals surface area contributed by atoms with E-state index in [1.165, 1.54) is 24.7 Å². The predicted octanol–water partition coefficient (Wildman–Crippen LogP) is 4.57. The van der Waals surface area contributed by atoms with Crippen LogP contribution in [0.15, 0.2) is 36.8 Å². The van der Waals surface area contributed by atoms with Gasteiger partial charge in [-0.1, -0.05) is 33.8 Å². The Morgan fingerprint density at radius 1 is 1.18 bits per heavy atom. The number of aromatic amines is 1. The zero-order valence-electron chi connectivity index (χ0n) is 23.5. The number of hydrogen-bond acceptors (Lipinski definition) is 7. The van der Waals surface area contributed by atoms with Gasteiger partial charge in [-0.2, -0.15) is 0 Å². The highest BCUT2D eigenvalue weighted by Gasteiger charge is 2.40. The van der Waals surface area contributed by atoms with Crippen LogP contribution < -0.4 is 5.73 Å². The third-order valence-corrected chi connectivity index (χ3v) is 8.79. The number of ether oxygens (including phenoxy) is 1. The highest BCUT2D eigenvalue weighted by Crippen LogP contribution is 2.37. The summed E-state index contributed by atoms with van der Waals surface area (Å²) in [5.74, 6) is 2.26. The molecule has 208 valence electrons. The lowest BCUT2D eigenvalue weighted by molar-refractivity contribution is -0.0490. The fourth-order valence-electron chi connectivity index (χ4n) is 6.26. The smallest absolute Gasteiger partial charge is 0.147 e. The Balaban J connectivity index is 1.01. The number of nitrogens with zero attached hydrogens (tertiary/aromatic N) is 5. The molecule has 0 spiro atoms.